The molecule has 2 aromatic heterocycles. The van der Waals surface area contributed by atoms with Crippen LogP contribution in [0, 0.1) is 17.3 Å². The fourth-order valence-corrected chi connectivity index (χ4v) is 2.23. The summed E-state index contributed by atoms with van der Waals surface area (Å²) in [6, 6.07) is 10.2. The predicted molar refractivity (Wildman–Crippen MR) is 85.4 cm³/mol. The van der Waals surface area contributed by atoms with Crippen LogP contribution in [0.3, 0.4) is 0 Å². The Balaban J connectivity index is 1.83. The number of nitriles is 1. The van der Waals surface area contributed by atoms with Crippen LogP contribution in [-0.4, -0.2) is 20.7 Å². The van der Waals surface area contributed by atoms with E-state index in [0.29, 0.717) is 11.8 Å². The Morgan fingerprint density at radius 2 is 1.85 bits per heavy atom. The average molecular weight is 375 g/mol. The second-order valence-electron chi connectivity index (χ2n) is 5.30. The van der Waals surface area contributed by atoms with Crippen LogP contribution in [0.15, 0.2) is 48.7 Å². The zero-order chi connectivity index (χ0) is 19.6. The largest absolute Gasteiger partial charge is 0.435 e. The molecular weight excluding hydrogens is 366 g/mol. The molecule has 1 N–H and O–H groups in total. The Kier molecular flexibility index (Phi) is 4.60. The van der Waals surface area contributed by atoms with Crippen molar-refractivity contribution >= 4 is 11.6 Å². The highest BCUT2D eigenvalue weighted by molar-refractivity contribution is 6.04. The van der Waals surface area contributed by atoms with E-state index in [1.165, 1.54) is 30.3 Å². The van der Waals surface area contributed by atoms with Gasteiger partial charge in [0.05, 0.1) is 5.69 Å². The number of alkyl halides is 3. The highest BCUT2D eigenvalue weighted by atomic mass is 19.4. The molecule has 1 aromatic carbocycles. The van der Waals surface area contributed by atoms with Crippen molar-refractivity contribution in [1.29, 1.82) is 5.26 Å². The molecule has 0 radical (unpaired) electrons. The fraction of sp³-hybridized carbons (Fsp3) is 0.0588. The van der Waals surface area contributed by atoms with Crippen LogP contribution in [0.2, 0.25) is 0 Å². The topological polar surface area (TPSA) is 83.6 Å². The summed E-state index contributed by atoms with van der Waals surface area (Å²) >= 11 is 0. The third kappa shape index (κ3) is 3.92. The van der Waals surface area contributed by atoms with Crippen molar-refractivity contribution in [2.75, 3.05) is 5.32 Å². The van der Waals surface area contributed by atoms with Crippen molar-refractivity contribution in [2.24, 2.45) is 0 Å². The summed E-state index contributed by atoms with van der Waals surface area (Å²) < 4.78 is 52.2. The lowest BCUT2D eigenvalue weighted by Crippen LogP contribution is -2.12. The molecule has 27 heavy (non-hydrogen) atoms. The minimum absolute atomic E-state index is 0.0558. The van der Waals surface area contributed by atoms with Crippen LogP contribution in [0.5, 0.6) is 0 Å². The van der Waals surface area contributed by atoms with Gasteiger partial charge in [-0.2, -0.15) is 27.9 Å². The Labute approximate surface area is 149 Å². The summed E-state index contributed by atoms with van der Waals surface area (Å²) in [6.07, 6.45) is -3.53. The van der Waals surface area contributed by atoms with Crippen molar-refractivity contribution in [3.8, 4) is 11.8 Å². The zero-order valence-electron chi connectivity index (χ0n) is 13.3. The highest BCUT2D eigenvalue weighted by Gasteiger charge is 2.35. The van der Waals surface area contributed by atoms with Crippen LogP contribution in [0.4, 0.5) is 23.2 Å². The van der Waals surface area contributed by atoms with Gasteiger partial charge in [0.25, 0.3) is 5.91 Å². The van der Waals surface area contributed by atoms with Gasteiger partial charge in [0, 0.05) is 29.6 Å². The molecule has 1 amide bonds. The van der Waals surface area contributed by atoms with Crippen molar-refractivity contribution < 1.29 is 22.4 Å². The Morgan fingerprint density at radius 1 is 1.15 bits per heavy atom. The Hall–Kier alpha value is -3.74. The van der Waals surface area contributed by atoms with E-state index in [1.807, 2.05) is 0 Å². The van der Waals surface area contributed by atoms with Gasteiger partial charge >= 0.3 is 6.18 Å². The molecule has 0 bridgehead atoms. The van der Waals surface area contributed by atoms with Crippen LogP contribution < -0.4 is 5.32 Å². The maximum absolute atomic E-state index is 13.1. The first-order valence-corrected chi connectivity index (χ1v) is 7.38. The van der Waals surface area contributed by atoms with Gasteiger partial charge in [0.2, 0.25) is 5.95 Å². The number of anilines is 1. The summed E-state index contributed by atoms with van der Waals surface area (Å²) in [5.41, 5.74) is -0.888. The molecule has 0 spiro atoms. The maximum atomic E-state index is 13.1. The number of aromatic nitrogens is 3. The lowest BCUT2D eigenvalue weighted by atomic mass is 10.2. The molecule has 0 aliphatic rings. The first kappa shape index (κ1) is 18.1. The fourth-order valence-electron chi connectivity index (χ4n) is 2.23. The smallest absolute Gasteiger partial charge is 0.322 e. The lowest BCUT2D eigenvalue weighted by Gasteiger charge is -2.07. The number of hydrogen-bond donors (Lipinski definition) is 1. The molecule has 0 fully saturated rings. The second-order valence-corrected chi connectivity index (χ2v) is 5.30. The minimum atomic E-state index is -4.68. The van der Waals surface area contributed by atoms with Crippen molar-refractivity contribution in [2.45, 2.75) is 6.18 Å². The monoisotopic (exact) mass is 375 g/mol. The summed E-state index contributed by atoms with van der Waals surface area (Å²) in [5, 5.41) is 14.9. The normalized spacial score (nSPS) is 11.1. The number of nitrogens with one attached hydrogen (secondary N) is 1. The van der Waals surface area contributed by atoms with E-state index in [4.69, 9.17) is 5.26 Å². The van der Waals surface area contributed by atoms with Gasteiger partial charge in [-0.15, -0.1) is 0 Å². The number of amides is 1. The quantitative estimate of drug-likeness (QED) is 0.561. The molecule has 136 valence electrons. The molecule has 6 nitrogen and oxygen atoms in total. The standard InChI is InChI=1S/C17H9F4N5O/c18-15-7-10(5-6-23-15)16(27)24-11-1-3-12(4-2-11)26-13(9-22)8-14(25-26)17(19,20)21/h1-8H,(H,24,27). The van der Waals surface area contributed by atoms with E-state index in [1.54, 1.807) is 6.07 Å². The van der Waals surface area contributed by atoms with E-state index < -0.39 is 23.7 Å². The summed E-state index contributed by atoms with van der Waals surface area (Å²) in [6.45, 7) is 0. The summed E-state index contributed by atoms with van der Waals surface area (Å²) in [5.74, 6) is -1.39. The first-order chi connectivity index (χ1) is 12.8. The predicted octanol–water partition coefficient (Wildman–Crippen LogP) is 3.55. The van der Waals surface area contributed by atoms with Crippen LogP contribution in [-0.2, 0) is 6.18 Å². The van der Waals surface area contributed by atoms with E-state index in [9.17, 15) is 22.4 Å². The highest BCUT2D eigenvalue weighted by Crippen LogP contribution is 2.29. The van der Waals surface area contributed by atoms with Gasteiger partial charge < -0.3 is 5.32 Å². The number of nitrogens with zero attached hydrogens (tertiary/aromatic N) is 4. The molecule has 0 aliphatic carbocycles. The molecular formula is C17H9F4N5O. The van der Waals surface area contributed by atoms with Crippen molar-refractivity contribution in [3.05, 3.63) is 71.6 Å². The maximum Gasteiger partial charge on any atom is 0.435 e. The Morgan fingerprint density at radius 3 is 2.44 bits per heavy atom. The second kappa shape index (κ2) is 6.87. The third-order valence-electron chi connectivity index (χ3n) is 3.47. The van der Waals surface area contributed by atoms with Gasteiger partial charge in [0.15, 0.2) is 5.69 Å². The van der Waals surface area contributed by atoms with Crippen molar-refractivity contribution in [3.63, 3.8) is 0 Å². The molecule has 0 saturated heterocycles. The number of pyridine rings is 1. The number of carbonyl (C=O) groups excluding carboxylic acids is 1. The molecule has 0 aliphatic heterocycles. The van der Waals surface area contributed by atoms with Gasteiger partial charge in [-0.3, -0.25) is 4.79 Å². The van der Waals surface area contributed by atoms with Crippen LogP contribution in [0.25, 0.3) is 5.69 Å². The number of rotatable bonds is 3. The van der Waals surface area contributed by atoms with E-state index >= 15 is 0 Å². The van der Waals surface area contributed by atoms with Gasteiger partial charge in [0.1, 0.15) is 11.8 Å². The SMILES string of the molecule is N#Cc1cc(C(F)(F)F)nn1-c1ccc(NC(=O)c2ccnc(F)c2)cc1. The summed E-state index contributed by atoms with van der Waals surface area (Å²) in [4.78, 5) is 15.4. The minimum Gasteiger partial charge on any atom is -0.322 e. The third-order valence-corrected chi connectivity index (χ3v) is 3.47. The van der Waals surface area contributed by atoms with E-state index in [0.717, 1.165) is 16.9 Å². The number of hydrogen-bond acceptors (Lipinski definition) is 4. The molecule has 0 atom stereocenters. The van der Waals surface area contributed by atoms with Crippen molar-refractivity contribution in [1.82, 2.24) is 14.8 Å². The van der Waals surface area contributed by atoms with Gasteiger partial charge in [-0.25, -0.2) is 9.67 Å². The molecule has 3 rings (SSSR count). The first-order valence-electron chi connectivity index (χ1n) is 7.38. The molecule has 10 heteroatoms. The van der Waals surface area contributed by atoms with Crippen LogP contribution in [0.1, 0.15) is 21.7 Å². The van der Waals surface area contributed by atoms with E-state index in [-0.39, 0.29) is 16.9 Å². The van der Waals surface area contributed by atoms with Gasteiger partial charge in [-0.05, 0) is 30.3 Å². The number of carbonyl (C=O) groups is 1. The van der Waals surface area contributed by atoms with Crippen LogP contribution >= 0.6 is 0 Å². The zero-order valence-corrected chi connectivity index (χ0v) is 13.3. The number of benzene rings is 1. The molecule has 3 aromatic rings. The van der Waals surface area contributed by atoms with Gasteiger partial charge in [-0.1, -0.05) is 0 Å². The average Bonchev–Trinajstić information content (AvgIpc) is 3.07. The van der Waals surface area contributed by atoms with E-state index in [2.05, 4.69) is 15.4 Å². The molecule has 0 unspecified atom stereocenters. The number of halogens is 4. The molecule has 0 saturated carbocycles. The lowest BCUT2D eigenvalue weighted by molar-refractivity contribution is -0.141. The Bertz CT molecular complexity index is 1030. The summed E-state index contributed by atoms with van der Waals surface area (Å²) in [7, 11) is 0. The molecule has 2 heterocycles.